The van der Waals surface area contributed by atoms with Gasteiger partial charge in [-0.25, -0.2) is 0 Å². The molecule has 254 valence electrons. The summed E-state index contributed by atoms with van der Waals surface area (Å²) in [7, 11) is 0. The van der Waals surface area contributed by atoms with Gasteiger partial charge in [-0.1, -0.05) is 0 Å². The van der Waals surface area contributed by atoms with Gasteiger partial charge in [-0.2, -0.15) is 0 Å². The number of fused-ring (bicyclic) bond motifs is 3. The zero-order chi connectivity index (χ0) is 32.2. The molecule has 3 heteroatoms. The molecular formula is C45H56Cl2Zr. The van der Waals surface area contributed by atoms with E-state index in [9.17, 15) is 0 Å². The molecule has 6 aliphatic carbocycles. The van der Waals surface area contributed by atoms with Crippen LogP contribution in [0.3, 0.4) is 0 Å². The molecule has 0 amide bonds. The normalized spacial score (nSPS) is 27.3. The molecule has 9 rings (SSSR count). The molecule has 0 heterocycles. The van der Waals surface area contributed by atoms with E-state index in [-0.39, 0.29) is 35.6 Å². The molecule has 0 spiro atoms. The van der Waals surface area contributed by atoms with E-state index in [1.54, 1.807) is 23.2 Å². The number of benzene rings is 3. The molecule has 0 aliphatic heterocycles. The molecule has 1 atom stereocenters. The van der Waals surface area contributed by atoms with Crippen molar-refractivity contribution in [1.29, 1.82) is 0 Å². The number of rotatable bonds is 4. The second-order valence-corrected chi connectivity index (χ2v) is 24.5. The quantitative estimate of drug-likeness (QED) is 0.194. The van der Waals surface area contributed by atoms with Crippen molar-refractivity contribution in [2.45, 2.75) is 111 Å². The van der Waals surface area contributed by atoms with Gasteiger partial charge in [0.15, 0.2) is 0 Å². The molecule has 0 N–H and O–H groups in total. The van der Waals surface area contributed by atoms with E-state index < -0.39 is 21.3 Å². The minimum absolute atomic E-state index is 0. The Balaban J connectivity index is 0.00000201. The average Bonchev–Trinajstić information content (AvgIpc) is 3.57. The van der Waals surface area contributed by atoms with Crippen molar-refractivity contribution >= 4 is 31.3 Å². The zero-order valence-corrected chi connectivity index (χ0v) is 34.6. The molecule has 4 saturated carbocycles. The summed E-state index contributed by atoms with van der Waals surface area (Å²) in [6.07, 6.45) is 15.6. The molecule has 3 aromatic rings. The van der Waals surface area contributed by atoms with E-state index in [0.717, 1.165) is 24.2 Å². The van der Waals surface area contributed by atoms with Gasteiger partial charge in [0.2, 0.25) is 0 Å². The number of allylic oxidation sites excluding steroid dienone is 4. The molecule has 0 nitrogen and oxygen atoms in total. The second kappa shape index (κ2) is 12.9. The fourth-order valence-electron chi connectivity index (χ4n) is 10.8. The van der Waals surface area contributed by atoms with E-state index >= 15 is 0 Å². The van der Waals surface area contributed by atoms with Crippen LogP contribution in [-0.4, -0.2) is 3.21 Å². The largest absolute Gasteiger partial charge is 0.147 e. The third kappa shape index (κ3) is 6.09. The first kappa shape index (κ1) is 36.3. The maximum absolute atomic E-state index is 2.85. The van der Waals surface area contributed by atoms with Crippen molar-refractivity contribution in [2.24, 2.45) is 29.1 Å². The Labute approximate surface area is 311 Å². The second-order valence-electron chi connectivity index (χ2n) is 18.1. The van der Waals surface area contributed by atoms with Gasteiger partial charge in [-0.05, 0) is 0 Å². The summed E-state index contributed by atoms with van der Waals surface area (Å²) < 4.78 is 5.33. The van der Waals surface area contributed by atoms with Crippen LogP contribution in [0.15, 0.2) is 81.7 Å². The SMILES string of the molecule is C/[C](c1ccccc1)=[Zr](\[C]1=CC(C23CC4CC(CC(C4)C2)C3)=CC1C)[c]1c(C(C)(C)C)ccc2c1Cc1cc(C(C)(C)C)ccc1-2.Cl.Cl. The standard InChI is InChI=1S/C21H25.C16H21.C8H8.2ClH.Zr/c1-20(2,3)16-7-9-18-14(12-16)11-15-13-17(21(4,5)6)8-10-19(15)18;1-11-2-3-15(4-11)16-8-12-5-13(9-16)7-14(6-12)10-16;1-2-8-6-4-3-5-7-8;;;/h7-10,12H,11H2,1-6H3;3-4,11-14H,5-10H2,1H3;3-7H,1H3;2*1H;. The van der Waals surface area contributed by atoms with Crippen molar-refractivity contribution in [2.75, 3.05) is 0 Å². The zero-order valence-electron chi connectivity index (χ0n) is 30.5. The predicted molar refractivity (Wildman–Crippen MR) is 208 cm³/mol. The van der Waals surface area contributed by atoms with Gasteiger partial charge in [0, 0.05) is 0 Å². The van der Waals surface area contributed by atoms with E-state index in [0.29, 0.717) is 11.3 Å². The third-order valence-corrected chi connectivity index (χ3v) is 20.8. The van der Waals surface area contributed by atoms with Crippen LogP contribution < -0.4 is 3.27 Å². The minimum atomic E-state index is -2.65. The first-order valence-electron chi connectivity index (χ1n) is 18.3. The molecular weight excluding hydrogens is 703 g/mol. The van der Waals surface area contributed by atoms with Crippen LogP contribution in [0, 0.1) is 29.1 Å². The van der Waals surface area contributed by atoms with E-state index in [1.165, 1.54) is 66.3 Å². The molecule has 4 fully saturated rings. The third-order valence-electron chi connectivity index (χ3n) is 12.8. The minimum Gasteiger partial charge on any atom is -0.147 e. The van der Waals surface area contributed by atoms with Crippen LogP contribution in [0.25, 0.3) is 11.1 Å². The summed E-state index contributed by atoms with van der Waals surface area (Å²) in [6, 6.07) is 23.9. The first-order chi connectivity index (χ1) is 21.8. The molecule has 0 saturated heterocycles. The molecule has 48 heavy (non-hydrogen) atoms. The van der Waals surface area contributed by atoms with E-state index in [2.05, 4.69) is 128 Å². The van der Waals surface area contributed by atoms with Gasteiger partial charge in [0.1, 0.15) is 0 Å². The molecule has 1 unspecified atom stereocenters. The predicted octanol–water partition coefficient (Wildman–Crippen LogP) is 11.9. The van der Waals surface area contributed by atoms with Crippen LogP contribution in [-0.2, 0) is 38.5 Å². The number of hydrogen-bond donors (Lipinski definition) is 0. The molecule has 0 aromatic heterocycles. The molecule has 0 radical (unpaired) electrons. The van der Waals surface area contributed by atoms with Gasteiger partial charge in [0.05, 0.1) is 0 Å². The Morgan fingerprint density at radius 2 is 1.35 bits per heavy atom. The van der Waals surface area contributed by atoms with Gasteiger partial charge in [0.25, 0.3) is 0 Å². The van der Waals surface area contributed by atoms with Crippen molar-refractivity contribution in [3.05, 3.63) is 109 Å². The Kier molecular flexibility index (Phi) is 9.75. The van der Waals surface area contributed by atoms with Gasteiger partial charge < -0.3 is 0 Å². The molecule has 4 bridgehead atoms. The van der Waals surface area contributed by atoms with Gasteiger partial charge in [-0.15, -0.1) is 24.8 Å². The van der Waals surface area contributed by atoms with Gasteiger partial charge >= 0.3 is 289 Å². The summed E-state index contributed by atoms with van der Waals surface area (Å²) in [5, 5.41) is 0. The van der Waals surface area contributed by atoms with Crippen molar-refractivity contribution in [3.63, 3.8) is 0 Å². The Bertz CT molecular complexity index is 1790. The summed E-state index contributed by atoms with van der Waals surface area (Å²) in [5.74, 6) is 3.49. The van der Waals surface area contributed by atoms with Gasteiger partial charge in [-0.3, -0.25) is 0 Å². The Hall–Kier alpha value is -1.53. The maximum atomic E-state index is 2.85. The topological polar surface area (TPSA) is 0 Å². The van der Waals surface area contributed by atoms with Crippen molar-refractivity contribution < 1.29 is 21.3 Å². The van der Waals surface area contributed by atoms with E-state index in [1.807, 2.05) is 3.28 Å². The van der Waals surface area contributed by atoms with Crippen molar-refractivity contribution in [3.8, 4) is 11.1 Å². The van der Waals surface area contributed by atoms with Crippen LogP contribution in [0.2, 0.25) is 0 Å². The first-order valence-corrected chi connectivity index (χ1v) is 22.0. The fraction of sp³-hybridized carbons (Fsp3) is 0.489. The number of halogens is 2. The van der Waals surface area contributed by atoms with E-state index in [4.69, 9.17) is 0 Å². The van der Waals surface area contributed by atoms with Crippen LogP contribution in [0.4, 0.5) is 0 Å². The summed E-state index contributed by atoms with van der Waals surface area (Å²) in [6.45, 7) is 19.5. The molecule has 3 aromatic carbocycles. The van der Waals surface area contributed by atoms with Crippen molar-refractivity contribution in [1.82, 2.24) is 0 Å². The average molecular weight is 759 g/mol. The van der Waals surface area contributed by atoms with Crippen LogP contribution in [0.5, 0.6) is 0 Å². The Morgan fingerprint density at radius 3 is 1.94 bits per heavy atom. The monoisotopic (exact) mass is 756 g/mol. The van der Waals surface area contributed by atoms with Crippen LogP contribution in [0.1, 0.15) is 122 Å². The smallest absolute Gasteiger partial charge is 0.147 e. The summed E-state index contributed by atoms with van der Waals surface area (Å²) >= 11 is -2.65. The molecule has 6 aliphatic rings. The summed E-state index contributed by atoms with van der Waals surface area (Å²) in [4.78, 5) is 0. The van der Waals surface area contributed by atoms with Crippen LogP contribution >= 0.6 is 24.8 Å². The maximum Gasteiger partial charge on any atom is -0.147 e. The Morgan fingerprint density at radius 1 is 0.750 bits per heavy atom. The number of hydrogen-bond acceptors (Lipinski definition) is 0. The fourth-order valence-corrected chi connectivity index (χ4v) is 19.8. The summed E-state index contributed by atoms with van der Waals surface area (Å²) in [5.41, 5.74) is 13.2.